The number of rotatable bonds is 1. The number of benzene rings is 1. The second kappa shape index (κ2) is 4.01. The summed E-state index contributed by atoms with van der Waals surface area (Å²) in [6, 6.07) is 9.15. The van der Waals surface area contributed by atoms with Crippen molar-refractivity contribution in [3.8, 4) is 0 Å². The molecular formula is C15H19I. The Labute approximate surface area is 112 Å². The Kier molecular flexibility index (Phi) is 2.77. The number of halogens is 1. The van der Waals surface area contributed by atoms with Gasteiger partial charge in [0.25, 0.3) is 0 Å². The van der Waals surface area contributed by atoms with Crippen molar-refractivity contribution in [3.63, 3.8) is 0 Å². The molecule has 0 saturated heterocycles. The van der Waals surface area contributed by atoms with Crippen LogP contribution in [0.25, 0.3) is 0 Å². The fraction of sp³-hybridized carbons (Fsp3) is 0.600. The Balaban J connectivity index is 1.93. The van der Waals surface area contributed by atoms with Crippen molar-refractivity contribution in [2.75, 3.05) is 0 Å². The number of hydrogen-bond donors (Lipinski definition) is 0. The van der Waals surface area contributed by atoms with E-state index in [4.69, 9.17) is 0 Å². The minimum absolute atomic E-state index is 0.464. The first-order valence-corrected chi connectivity index (χ1v) is 7.50. The Morgan fingerprint density at radius 3 is 2.50 bits per heavy atom. The molecule has 2 aliphatic rings. The second-order valence-electron chi connectivity index (χ2n) is 6.02. The van der Waals surface area contributed by atoms with E-state index in [0.717, 1.165) is 11.8 Å². The quantitative estimate of drug-likeness (QED) is 0.653. The lowest BCUT2D eigenvalue weighted by molar-refractivity contribution is 0.232. The summed E-state index contributed by atoms with van der Waals surface area (Å²) in [7, 11) is 0. The fourth-order valence-electron chi connectivity index (χ4n) is 4.01. The van der Waals surface area contributed by atoms with Gasteiger partial charge in [-0.15, -0.1) is 0 Å². The minimum Gasteiger partial charge on any atom is -0.0609 e. The van der Waals surface area contributed by atoms with Gasteiger partial charge in [0.15, 0.2) is 0 Å². The molecule has 0 amide bonds. The lowest BCUT2D eigenvalue weighted by Crippen LogP contribution is -2.30. The Hall–Kier alpha value is -0.0500. The second-order valence-corrected chi connectivity index (χ2v) is 7.27. The molecule has 2 atom stereocenters. The predicted octanol–water partition coefficient (Wildman–Crippen LogP) is 4.76. The smallest absolute Gasteiger partial charge is 0.0133 e. The summed E-state index contributed by atoms with van der Waals surface area (Å²) in [4.78, 5) is 0. The summed E-state index contributed by atoms with van der Waals surface area (Å²) in [5.41, 5.74) is 2.04. The molecule has 2 saturated carbocycles. The minimum atomic E-state index is 0.464. The van der Waals surface area contributed by atoms with E-state index in [1.54, 1.807) is 5.56 Å². The normalized spacial score (nSPS) is 37.6. The summed E-state index contributed by atoms with van der Waals surface area (Å²) in [6.07, 6.45) is 7.33. The molecule has 0 heterocycles. The number of hydrogen-bond acceptors (Lipinski definition) is 0. The maximum Gasteiger partial charge on any atom is 0.0133 e. The van der Waals surface area contributed by atoms with Crippen LogP contribution >= 0.6 is 22.6 Å². The lowest BCUT2D eigenvalue weighted by Gasteiger charge is -2.38. The van der Waals surface area contributed by atoms with Crippen molar-refractivity contribution in [1.82, 2.24) is 0 Å². The van der Waals surface area contributed by atoms with Gasteiger partial charge in [-0.25, -0.2) is 0 Å². The molecule has 0 aliphatic heterocycles. The molecule has 3 rings (SSSR count). The molecule has 2 bridgehead atoms. The number of fused-ring (bicyclic) bond motifs is 2. The van der Waals surface area contributed by atoms with Crippen molar-refractivity contribution in [2.45, 2.75) is 44.4 Å². The van der Waals surface area contributed by atoms with Crippen molar-refractivity contribution >= 4 is 22.6 Å². The first kappa shape index (κ1) is 11.1. The Morgan fingerprint density at radius 2 is 1.88 bits per heavy atom. The molecule has 0 spiro atoms. The third kappa shape index (κ3) is 1.92. The highest BCUT2D eigenvalue weighted by Crippen LogP contribution is 2.51. The van der Waals surface area contributed by atoms with E-state index in [0.29, 0.717) is 5.41 Å². The highest BCUT2D eigenvalue weighted by molar-refractivity contribution is 14.1. The summed E-state index contributed by atoms with van der Waals surface area (Å²) in [5, 5.41) is 0. The molecule has 1 aromatic carbocycles. The van der Waals surface area contributed by atoms with Gasteiger partial charge >= 0.3 is 0 Å². The molecule has 86 valence electrons. The third-order valence-corrected chi connectivity index (χ3v) is 5.32. The maximum absolute atomic E-state index is 2.49. The summed E-state index contributed by atoms with van der Waals surface area (Å²) in [5.74, 6) is 2.03. The van der Waals surface area contributed by atoms with Gasteiger partial charge in [0, 0.05) is 3.57 Å². The molecule has 1 heteroatoms. The van der Waals surface area contributed by atoms with Crippen molar-refractivity contribution in [3.05, 3.63) is 33.4 Å². The van der Waals surface area contributed by atoms with Crippen LogP contribution in [-0.2, 0) is 5.41 Å². The molecule has 1 aromatic rings. The van der Waals surface area contributed by atoms with E-state index in [1.807, 2.05) is 0 Å². The van der Waals surface area contributed by atoms with E-state index in [1.165, 1.54) is 35.7 Å². The van der Waals surface area contributed by atoms with Crippen LogP contribution < -0.4 is 0 Å². The van der Waals surface area contributed by atoms with Gasteiger partial charge < -0.3 is 0 Å². The average molecular weight is 326 g/mol. The molecule has 0 unspecified atom stereocenters. The SMILES string of the molecule is CC1(c2cccc(I)c2)C[C@@H]2CC[C@H](C2)C1. The highest BCUT2D eigenvalue weighted by Gasteiger charge is 2.41. The fourth-order valence-corrected chi connectivity index (χ4v) is 4.55. The van der Waals surface area contributed by atoms with Crippen molar-refractivity contribution in [2.24, 2.45) is 11.8 Å². The molecule has 0 aromatic heterocycles. The van der Waals surface area contributed by atoms with E-state index in [-0.39, 0.29) is 0 Å². The first-order valence-electron chi connectivity index (χ1n) is 6.42. The first-order chi connectivity index (χ1) is 7.66. The van der Waals surface area contributed by atoms with E-state index >= 15 is 0 Å². The summed E-state index contributed by atoms with van der Waals surface area (Å²) < 4.78 is 1.38. The Morgan fingerprint density at radius 1 is 1.19 bits per heavy atom. The van der Waals surface area contributed by atoms with Crippen LogP contribution in [0.5, 0.6) is 0 Å². The van der Waals surface area contributed by atoms with Crippen LogP contribution in [0.3, 0.4) is 0 Å². The van der Waals surface area contributed by atoms with Gasteiger partial charge in [-0.05, 0) is 76.8 Å². The van der Waals surface area contributed by atoms with Crippen LogP contribution in [0.2, 0.25) is 0 Å². The third-order valence-electron chi connectivity index (χ3n) is 4.65. The maximum atomic E-state index is 2.49. The highest BCUT2D eigenvalue weighted by atomic mass is 127. The average Bonchev–Trinajstić information content (AvgIpc) is 2.59. The van der Waals surface area contributed by atoms with Crippen LogP contribution in [-0.4, -0.2) is 0 Å². The topological polar surface area (TPSA) is 0 Å². The van der Waals surface area contributed by atoms with Crippen LogP contribution in [0, 0.1) is 15.4 Å². The van der Waals surface area contributed by atoms with E-state index in [9.17, 15) is 0 Å². The predicted molar refractivity (Wildman–Crippen MR) is 76.6 cm³/mol. The zero-order valence-corrected chi connectivity index (χ0v) is 12.0. The zero-order valence-electron chi connectivity index (χ0n) is 9.88. The zero-order chi connectivity index (χ0) is 11.2. The lowest BCUT2D eigenvalue weighted by atomic mass is 9.67. The van der Waals surface area contributed by atoms with Gasteiger partial charge in [0.2, 0.25) is 0 Å². The standard InChI is InChI=1S/C15H19I/c1-15(13-3-2-4-14(16)8-13)9-11-5-6-12(7-11)10-15/h2-4,8,11-12H,5-7,9-10H2,1H3/t11-,12-/m1/s1. The van der Waals surface area contributed by atoms with E-state index < -0.39 is 0 Å². The van der Waals surface area contributed by atoms with Gasteiger partial charge in [0.1, 0.15) is 0 Å². The molecule has 0 N–H and O–H groups in total. The molecule has 0 radical (unpaired) electrons. The van der Waals surface area contributed by atoms with Crippen LogP contribution in [0.15, 0.2) is 24.3 Å². The molecule has 0 nitrogen and oxygen atoms in total. The molecular weight excluding hydrogens is 307 g/mol. The van der Waals surface area contributed by atoms with Crippen molar-refractivity contribution in [1.29, 1.82) is 0 Å². The van der Waals surface area contributed by atoms with Crippen LogP contribution in [0.1, 0.15) is 44.6 Å². The molecule has 2 aliphatic carbocycles. The monoisotopic (exact) mass is 326 g/mol. The van der Waals surface area contributed by atoms with Crippen LogP contribution in [0.4, 0.5) is 0 Å². The summed E-state index contributed by atoms with van der Waals surface area (Å²) in [6.45, 7) is 2.49. The van der Waals surface area contributed by atoms with Gasteiger partial charge in [0.05, 0.1) is 0 Å². The largest absolute Gasteiger partial charge is 0.0609 e. The molecule has 2 fully saturated rings. The Bertz CT molecular complexity index is 384. The van der Waals surface area contributed by atoms with E-state index in [2.05, 4.69) is 53.8 Å². The van der Waals surface area contributed by atoms with Gasteiger partial charge in [-0.3, -0.25) is 0 Å². The van der Waals surface area contributed by atoms with Gasteiger partial charge in [-0.2, -0.15) is 0 Å². The van der Waals surface area contributed by atoms with Crippen molar-refractivity contribution < 1.29 is 0 Å². The molecule has 16 heavy (non-hydrogen) atoms. The summed E-state index contributed by atoms with van der Waals surface area (Å²) >= 11 is 2.43. The van der Waals surface area contributed by atoms with Gasteiger partial charge in [-0.1, -0.05) is 31.9 Å².